The van der Waals surface area contributed by atoms with Gasteiger partial charge in [0.2, 0.25) is 0 Å². The molecule has 4 aromatic carbocycles. The molecule has 0 aliphatic carbocycles. The van der Waals surface area contributed by atoms with Crippen LogP contribution in [0, 0.1) is 6.92 Å². The first-order valence-electron chi connectivity index (χ1n) is 11.5. The van der Waals surface area contributed by atoms with E-state index in [1.807, 2.05) is 55.5 Å². The number of aryl methyl sites for hydroxylation is 1. The number of carbonyl (C=O) groups excluding carboxylic acids is 2. The van der Waals surface area contributed by atoms with Gasteiger partial charge in [-0.05, 0) is 65.4 Å². The number of fused-ring (bicyclic) bond motifs is 1. The first kappa shape index (κ1) is 24.8. The molecule has 4 rings (SSSR count). The van der Waals surface area contributed by atoms with E-state index < -0.39 is 0 Å². The summed E-state index contributed by atoms with van der Waals surface area (Å²) in [4.78, 5) is 25.4. The highest BCUT2D eigenvalue weighted by molar-refractivity contribution is 6.14. The fourth-order valence-electron chi connectivity index (χ4n) is 3.95. The second-order valence-corrected chi connectivity index (χ2v) is 8.39. The SMILES string of the molecule is COc1cc(CO)cc(CNC(=O)COc2ccc(C(=O)Nc3cccc(C)c3)c3ccccc23)c1. The van der Waals surface area contributed by atoms with E-state index in [4.69, 9.17) is 9.47 Å². The van der Waals surface area contributed by atoms with E-state index in [2.05, 4.69) is 10.6 Å². The van der Waals surface area contributed by atoms with E-state index in [-0.39, 0.29) is 31.6 Å². The van der Waals surface area contributed by atoms with Crippen LogP contribution in [0.2, 0.25) is 0 Å². The van der Waals surface area contributed by atoms with Gasteiger partial charge in [0, 0.05) is 23.2 Å². The zero-order chi connectivity index (χ0) is 25.5. The van der Waals surface area contributed by atoms with Crippen LogP contribution in [0.25, 0.3) is 10.8 Å². The lowest BCUT2D eigenvalue weighted by molar-refractivity contribution is -0.123. The van der Waals surface area contributed by atoms with Crippen molar-refractivity contribution in [1.29, 1.82) is 0 Å². The Labute approximate surface area is 209 Å². The average molecular weight is 485 g/mol. The van der Waals surface area contributed by atoms with Crippen molar-refractivity contribution < 1.29 is 24.2 Å². The van der Waals surface area contributed by atoms with Crippen molar-refractivity contribution in [1.82, 2.24) is 5.32 Å². The van der Waals surface area contributed by atoms with E-state index >= 15 is 0 Å². The van der Waals surface area contributed by atoms with E-state index in [1.165, 1.54) is 0 Å². The third kappa shape index (κ3) is 6.00. The van der Waals surface area contributed by atoms with Gasteiger partial charge in [0.05, 0.1) is 13.7 Å². The molecule has 0 saturated heterocycles. The number of rotatable bonds is 9. The molecule has 0 fully saturated rings. The molecule has 0 bridgehead atoms. The molecule has 36 heavy (non-hydrogen) atoms. The molecule has 184 valence electrons. The van der Waals surface area contributed by atoms with Crippen molar-refractivity contribution in [3.05, 3.63) is 101 Å². The number of ether oxygens (including phenoxy) is 2. The van der Waals surface area contributed by atoms with Gasteiger partial charge in [0.1, 0.15) is 11.5 Å². The Hall–Kier alpha value is -4.36. The van der Waals surface area contributed by atoms with Crippen molar-refractivity contribution in [2.24, 2.45) is 0 Å². The van der Waals surface area contributed by atoms with Crippen LogP contribution < -0.4 is 20.1 Å². The van der Waals surface area contributed by atoms with Gasteiger partial charge in [0.15, 0.2) is 6.61 Å². The number of hydrogen-bond donors (Lipinski definition) is 3. The van der Waals surface area contributed by atoms with E-state index in [1.54, 1.807) is 37.4 Å². The number of carbonyl (C=O) groups is 2. The summed E-state index contributed by atoms with van der Waals surface area (Å²) in [6.45, 7) is 1.94. The van der Waals surface area contributed by atoms with Crippen LogP contribution >= 0.6 is 0 Å². The first-order chi connectivity index (χ1) is 17.5. The molecule has 0 aliphatic heterocycles. The van der Waals surface area contributed by atoms with E-state index in [0.29, 0.717) is 22.6 Å². The highest BCUT2D eigenvalue weighted by atomic mass is 16.5. The standard InChI is InChI=1S/C29H28N2O5/c1-19-6-5-7-22(12-19)31-29(34)26-10-11-27(25-9-4-3-8-24(25)26)36-18-28(33)30-16-20-13-21(17-32)15-23(14-20)35-2/h3-15,32H,16-18H2,1-2H3,(H,30,33)(H,31,34). The molecule has 7 nitrogen and oxygen atoms in total. The smallest absolute Gasteiger partial charge is 0.258 e. The van der Waals surface area contributed by atoms with Crippen LogP contribution in [0.4, 0.5) is 5.69 Å². The van der Waals surface area contributed by atoms with Gasteiger partial charge < -0.3 is 25.2 Å². The Morgan fingerprint density at radius 2 is 1.67 bits per heavy atom. The topological polar surface area (TPSA) is 96.9 Å². The van der Waals surface area contributed by atoms with Gasteiger partial charge in [-0.25, -0.2) is 0 Å². The molecule has 0 aliphatic rings. The minimum absolute atomic E-state index is 0.118. The quantitative estimate of drug-likeness (QED) is 0.323. The Kier molecular flexibility index (Phi) is 7.82. The lowest BCUT2D eigenvalue weighted by Gasteiger charge is -2.13. The highest BCUT2D eigenvalue weighted by Gasteiger charge is 2.14. The molecule has 0 spiro atoms. The molecule has 0 unspecified atom stereocenters. The zero-order valence-corrected chi connectivity index (χ0v) is 20.2. The number of hydrogen-bond acceptors (Lipinski definition) is 5. The van der Waals surface area contributed by atoms with Crippen molar-refractivity contribution in [2.45, 2.75) is 20.1 Å². The van der Waals surface area contributed by atoms with Crippen molar-refractivity contribution in [2.75, 3.05) is 19.0 Å². The van der Waals surface area contributed by atoms with Crippen molar-refractivity contribution in [3.8, 4) is 11.5 Å². The Bertz CT molecular complexity index is 1380. The second-order valence-electron chi connectivity index (χ2n) is 8.39. The van der Waals surface area contributed by atoms with Crippen LogP contribution in [0.5, 0.6) is 11.5 Å². The molecule has 3 N–H and O–H groups in total. The Morgan fingerprint density at radius 1 is 0.889 bits per heavy atom. The van der Waals surface area contributed by atoms with Crippen LogP contribution in [-0.2, 0) is 17.9 Å². The summed E-state index contributed by atoms with van der Waals surface area (Å²) in [5.74, 6) is 0.604. The van der Waals surface area contributed by atoms with Crippen LogP contribution in [0.1, 0.15) is 27.0 Å². The van der Waals surface area contributed by atoms with Crippen LogP contribution in [0.15, 0.2) is 78.9 Å². The normalized spacial score (nSPS) is 10.6. The summed E-state index contributed by atoms with van der Waals surface area (Å²) < 4.78 is 11.1. The minimum atomic E-state index is -0.297. The second kappa shape index (κ2) is 11.4. The average Bonchev–Trinajstić information content (AvgIpc) is 2.90. The van der Waals surface area contributed by atoms with E-state index in [9.17, 15) is 14.7 Å². The lowest BCUT2D eigenvalue weighted by atomic mass is 10.0. The zero-order valence-electron chi connectivity index (χ0n) is 20.2. The van der Waals surface area contributed by atoms with Gasteiger partial charge in [-0.3, -0.25) is 9.59 Å². The number of anilines is 1. The van der Waals surface area contributed by atoms with Gasteiger partial charge in [-0.2, -0.15) is 0 Å². The molecule has 0 atom stereocenters. The lowest BCUT2D eigenvalue weighted by Crippen LogP contribution is -2.28. The maximum Gasteiger partial charge on any atom is 0.258 e. The van der Waals surface area contributed by atoms with E-state index in [0.717, 1.165) is 27.6 Å². The Morgan fingerprint density at radius 3 is 2.42 bits per heavy atom. The summed E-state index contributed by atoms with van der Waals surface area (Å²) >= 11 is 0. The monoisotopic (exact) mass is 484 g/mol. The number of amides is 2. The summed E-state index contributed by atoms with van der Waals surface area (Å²) in [5, 5.41) is 16.6. The first-order valence-corrected chi connectivity index (χ1v) is 11.5. The van der Waals surface area contributed by atoms with Crippen molar-refractivity contribution in [3.63, 3.8) is 0 Å². The fourth-order valence-corrected chi connectivity index (χ4v) is 3.95. The van der Waals surface area contributed by atoms with Crippen LogP contribution in [-0.4, -0.2) is 30.6 Å². The summed E-state index contributed by atoms with van der Waals surface area (Å²) in [6.07, 6.45) is 0. The minimum Gasteiger partial charge on any atom is -0.497 e. The molecular formula is C29H28N2O5. The molecule has 0 heterocycles. The molecule has 0 aromatic heterocycles. The molecule has 0 radical (unpaired) electrons. The molecular weight excluding hydrogens is 456 g/mol. The van der Waals surface area contributed by atoms with Gasteiger partial charge in [0.25, 0.3) is 11.8 Å². The third-order valence-electron chi connectivity index (χ3n) is 5.70. The number of benzene rings is 4. The molecule has 4 aromatic rings. The maximum atomic E-state index is 13.0. The predicted octanol–water partition coefficient (Wildman–Crippen LogP) is 4.60. The number of nitrogens with one attached hydrogen (secondary N) is 2. The van der Waals surface area contributed by atoms with Crippen molar-refractivity contribution >= 4 is 28.3 Å². The third-order valence-corrected chi connectivity index (χ3v) is 5.70. The number of aliphatic hydroxyl groups is 1. The van der Waals surface area contributed by atoms with Crippen LogP contribution in [0.3, 0.4) is 0 Å². The predicted molar refractivity (Wildman–Crippen MR) is 139 cm³/mol. The Balaban J connectivity index is 1.44. The number of methoxy groups -OCH3 is 1. The molecule has 7 heteroatoms. The summed E-state index contributed by atoms with van der Waals surface area (Å²) in [5.41, 5.74) is 3.80. The summed E-state index contributed by atoms with van der Waals surface area (Å²) in [7, 11) is 1.55. The highest BCUT2D eigenvalue weighted by Crippen LogP contribution is 2.29. The largest absolute Gasteiger partial charge is 0.497 e. The molecule has 2 amide bonds. The van der Waals surface area contributed by atoms with Gasteiger partial charge in [-0.15, -0.1) is 0 Å². The summed E-state index contributed by atoms with van der Waals surface area (Å²) in [6, 6.07) is 23.8. The fraction of sp³-hybridized carbons (Fsp3) is 0.172. The number of aliphatic hydroxyl groups excluding tert-OH is 1. The maximum absolute atomic E-state index is 13.0. The molecule has 0 saturated carbocycles. The van der Waals surface area contributed by atoms with Gasteiger partial charge >= 0.3 is 0 Å². The van der Waals surface area contributed by atoms with Gasteiger partial charge in [-0.1, -0.05) is 42.5 Å².